The second-order valence-electron chi connectivity index (χ2n) is 4.67. The molecule has 0 aliphatic carbocycles. The van der Waals surface area contributed by atoms with Gasteiger partial charge in [0.2, 0.25) is 0 Å². The number of likely N-dealkylation sites (tertiary alicyclic amines) is 1. The van der Waals surface area contributed by atoms with E-state index >= 15 is 0 Å². The van der Waals surface area contributed by atoms with E-state index in [-0.39, 0.29) is 11.3 Å². The molecule has 1 fully saturated rings. The molecule has 0 atom stereocenters. The van der Waals surface area contributed by atoms with Crippen LogP contribution in [-0.2, 0) is 0 Å². The minimum absolute atomic E-state index is 0.101. The van der Waals surface area contributed by atoms with Gasteiger partial charge in [0, 0.05) is 6.54 Å². The summed E-state index contributed by atoms with van der Waals surface area (Å²) in [6.45, 7) is 3.23. The van der Waals surface area contributed by atoms with E-state index in [1.54, 1.807) is 0 Å². The van der Waals surface area contributed by atoms with Crippen molar-refractivity contribution in [1.82, 2.24) is 4.90 Å². The van der Waals surface area contributed by atoms with Gasteiger partial charge >= 0.3 is 5.97 Å². The molecular formula is C14H18FNO3. The van der Waals surface area contributed by atoms with E-state index in [4.69, 9.17) is 9.84 Å². The molecule has 1 aliphatic rings. The van der Waals surface area contributed by atoms with Gasteiger partial charge in [0.05, 0.1) is 0 Å². The van der Waals surface area contributed by atoms with Crippen LogP contribution in [0.4, 0.5) is 4.39 Å². The molecule has 0 saturated carbocycles. The average molecular weight is 267 g/mol. The minimum atomic E-state index is -1.30. The second-order valence-corrected chi connectivity index (χ2v) is 4.67. The highest BCUT2D eigenvalue weighted by Gasteiger charge is 2.17. The average Bonchev–Trinajstić information content (AvgIpc) is 2.39. The molecule has 1 saturated heterocycles. The Morgan fingerprint density at radius 1 is 1.32 bits per heavy atom. The van der Waals surface area contributed by atoms with Crippen LogP contribution in [0, 0.1) is 5.82 Å². The molecule has 2 rings (SSSR count). The number of ether oxygens (including phenoxy) is 1. The van der Waals surface area contributed by atoms with Gasteiger partial charge in [0.15, 0.2) is 0 Å². The zero-order valence-corrected chi connectivity index (χ0v) is 10.8. The molecule has 0 aromatic heterocycles. The topological polar surface area (TPSA) is 49.8 Å². The van der Waals surface area contributed by atoms with Crippen molar-refractivity contribution in [1.29, 1.82) is 0 Å². The highest BCUT2D eigenvalue weighted by Crippen LogP contribution is 2.21. The van der Waals surface area contributed by atoms with Crippen LogP contribution in [0.2, 0.25) is 0 Å². The fourth-order valence-electron chi connectivity index (χ4n) is 2.30. The van der Waals surface area contributed by atoms with Crippen LogP contribution < -0.4 is 4.74 Å². The van der Waals surface area contributed by atoms with Crippen LogP contribution in [0.15, 0.2) is 18.2 Å². The predicted octanol–water partition coefficient (Wildman–Crippen LogP) is 2.39. The van der Waals surface area contributed by atoms with Crippen LogP contribution in [0.5, 0.6) is 5.75 Å². The van der Waals surface area contributed by atoms with Crippen molar-refractivity contribution >= 4 is 5.97 Å². The number of rotatable bonds is 5. The maximum Gasteiger partial charge on any atom is 0.342 e. The quantitative estimate of drug-likeness (QED) is 0.890. The number of halogens is 1. The van der Waals surface area contributed by atoms with E-state index in [0.29, 0.717) is 6.61 Å². The third kappa shape index (κ3) is 3.67. The largest absolute Gasteiger partial charge is 0.491 e. The molecule has 1 heterocycles. The van der Waals surface area contributed by atoms with Gasteiger partial charge < -0.3 is 9.84 Å². The Bertz CT molecular complexity index is 444. The van der Waals surface area contributed by atoms with Crippen LogP contribution in [0.25, 0.3) is 0 Å². The van der Waals surface area contributed by atoms with Crippen molar-refractivity contribution in [3.63, 3.8) is 0 Å². The van der Waals surface area contributed by atoms with Crippen molar-refractivity contribution in [3.05, 3.63) is 29.6 Å². The maximum atomic E-state index is 13.4. The van der Waals surface area contributed by atoms with E-state index < -0.39 is 11.8 Å². The molecule has 0 bridgehead atoms. The SMILES string of the molecule is O=C(O)c1c(F)cccc1OCCN1CCCCC1. The smallest absolute Gasteiger partial charge is 0.342 e. The number of carboxylic acids is 1. The number of benzene rings is 1. The van der Waals surface area contributed by atoms with Crippen LogP contribution in [0.1, 0.15) is 29.6 Å². The summed E-state index contributed by atoms with van der Waals surface area (Å²) in [7, 11) is 0. The standard InChI is InChI=1S/C14H18FNO3/c15-11-5-4-6-12(13(11)14(17)18)19-10-9-16-7-2-1-3-8-16/h4-6H,1-3,7-10H2,(H,17,18). The molecule has 5 heteroatoms. The van der Waals surface area contributed by atoms with E-state index in [9.17, 15) is 9.18 Å². The summed E-state index contributed by atoms with van der Waals surface area (Å²) in [6, 6.07) is 4.07. The van der Waals surface area contributed by atoms with Crippen LogP contribution in [0.3, 0.4) is 0 Å². The van der Waals surface area contributed by atoms with Crippen molar-refractivity contribution in [2.75, 3.05) is 26.2 Å². The summed E-state index contributed by atoms with van der Waals surface area (Å²) in [5.41, 5.74) is -0.388. The molecule has 0 radical (unpaired) electrons. The summed E-state index contributed by atoms with van der Waals surface area (Å²) in [6.07, 6.45) is 3.66. The van der Waals surface area contributed by atoms with Crippen molar-refractivity contribution in [2.24, 2.45) is 0 Å². The molecule has 1 N–H and O–H groups in total. The van der Waals surface area contributed by atoms with Gasteiger partial charge in [-0.05, 0) is 38.1 Å². The highest BCUT2D eigenvalue weighted by molar-refractivity contribution is 5.91. The Hall–Kier alpha value is -1.62. The summed E-state index contributed by atoms with van der Waals surface area (Å²) in [5, 5.41) is 8.96. The Morgan fingerprint density at radius 2 is 2.05 bits per heavy atom. The van der Waals surface area contributed by atoms with Gasteiger partial charge in [-0.25, -0.2) is 9.18 Å². The highest BCUT2D eigenvalue weighted by atomic mass is 19.1. The lowest BCUT2D eigenvalue weighted by Gasteiger charge is -2.26. The first-order valence-corrected chi connectivity index (χ1v) is 6.55. The molecule has 4 nitrogen and oxygen atoms in total. The Kier molecular flexibility index (Phi) is 4.74. The number of carboxylic acid groups (broad SMARTS) is 1. The van der Waals surface area contributed by atoms with Crippen LogP contribution in [-0.4, -0.2) is 42.2 Å². The first-order chi connectivity index (χ1) is 9.18. The monoisotopic (exact) mass is 267 g/mol. The summed E-state index contributed by atoms with van der Waals surface area (Å²) in [4.78, 5) is 13.3. The lowest BCUT2D eigenvalue weighted by molar-refractivity contribution is 0.0686. The minimum Gasteiger partial charge on any atom is -0.491 e. The lowest BCUT2D eigenvalue weighted by Crippen LogP contribution is -2.33. The van der Waals surface area contributed by atoms with Crippen molar-refractivity contribution < 1.29 is 19.0 Å². The molecule has 104 valence electrons. The first kappa shape index (κ1) is 13.8. The summed E-state index contributed by atoms with van der Waals surface area (Å²) >= 11 is 0. The molecule has 0 unspecified atom stereocenters. The summed E-state index contributed by atoms with van der Waals surface area (Å²) < 4.78 is 18.8. The Morgan fingerprint density at radius 3 is 2.74 bits per heavy atom. The van der Waals surface area contributed by atoms with E-state index in [0.717, 1.165) is 25.7 Å². The Balaban J connectivity index is 1.92. The zero-order valence-electron chi connectivity index (χ0n) is 10.8. The van der Waals surface area contributed by atoms with Crippen molar-refractivity contribution in [3.8, 4) is 5.75 Å². The Labute approximate surface area is 111 Å². The molecular weight excluding hydrogens is 249 g/mol. The first-order valence-electron chi connectivity index (χ1n) is 6.55. The van der Waals surface area contributed by atoms with Crippen LogP contribution >= 0.6 is 0 Å². The van der Waals surface area contributed by atoms with E-state index in [1.807, 2.05) is 0 Å². The maximum absolute atomic E-state index is 13.4. The zero-order chi connectivity index (χ0) is 13.7. The number of hydrogen-bond acceptors (Lipinski definition) is 3. The third-order valence-corrected chi connectivity index (χ3v) is 3.30. The van der Waals surface area contributed by atoms with Gasteiger partial charge in [0.25, 0.3) is 0 Å². The molecule has 19 heavy (non-hydrogen) atoms. The second kappa shape index (κ2) is 6.52. The summed E-state index contributed by atoms with van der Waals surface area (Å²) in [5.74, 6) is -1.96. The molecule has 1 aromatic rings. The number of hydrogen-bond donors (Lipinski definition) is 1. The van der Waals surface area contributed by atoms with Gasteiger partial charge in [-0.1, -0.05) is 12.5 Å². The number of nitrogens with zero attached hydrogens (tertiary/aromatic N) is 1. The number of aromatic carboxylic acids is 1. The lowest BCUT2D eigenvalue weighted by atomic mass is 10.1. The molecule has 0 amide bonds. The molecule has 1 aliphatic heterocycles. The van der Waals surface area contributed by atoms with Crippen molar-refractivity contribution in [2.45, 2.75) is 19.3 Å². The normalized spacial score (nSPS) is 16.3. The number of carbonyl (C=O) groups is 1. The third-order valence-electron chi connectivity index (χ3n) is 3.30. The molecule has 0 spiro atoms. The number of piperidine rings is 1. The fourth-order valence-corrected chi connectivity index (χ4v) is 2.30. The fraction of sp³-hybridized carbons (Fsp3) is 0.500. The molecule has 1 aromatic carbocycles. The van der Waals surface area contributed by atoms with E-state index in [2.05, 4.69) is 4.90 Å². The van der Waals surface area contributed by atoms with Gasteiger partial charge in [0.1, 0.15) is 23.7 Å². The van der Waals surface area contributed by atoms with Gasteiger partial charge in [-0.3, -0.25) is 4.90 Å². The van der Waals surface area contributed by atoms with Gasteiger partial charge in [-0.2, -0.15) is 0 Å². The predicted molar refractivity (Wildman–Crippen MR) is 69.1 cm³/mol. The van der Waals surface area contributed by atoms with E-state index in [1.165, 1.54) is 31.4 Å². The van der Waals surface area contributed by atoms with Gasteiger partial charge in [-0.15, -0.1) is 0 Å².